The minimum absolute atomic E-state index is 0.0998. The fourth-order valence-electron chi connectivity index (χ4n) is 2.28. The van der Waals surface area contributed by atoms with Gasteiger partial charge < -0.3 is 15.1 Å². The van der Waals surface area contributed by atoms with Crippen LogP contribution in [0.3, 0.4) is 0 Å². The number of halogens is 1. The standard InChI is InChI=1S/C17H20BrNO2/c1-13(21)16-8-7-15(11-17(16)18)19(9-10-20)12-14-5-3-2-4-6-14/h2-8,11,13,20-21H,9-10,12H2,1H3/t13-/m1/s1. The summed E-state index contributed by atoms with van der Waals surface area (Å²) in [5, 5.41) is 19.0. The van der Waals surface area contributed by atoms with E-state index in [2.05, 4.69) is 33.0 Å². The molecule has 0 aliphatic rings. The van der Waals surface area contributed by atoms with Gasteiger partial charge in [-0.3, -0.25) is 0 Å². The summed E-state index contributed by atoms with van der Waals surface area (Å²) in [6, 6.07) is 16.0. The van der Waals surface area contributed by atoms with Crippen molar-refractivity contribution in [3.8, 4) is 0 Å². The fraction of sp³-hybridized carbons (Fsp3) is 0.294. The molecule has 0 heterocycles. The second-order valence-electron chi connectivity index (χ2n) is 5.01. The van der Waals surface area contributed by atoms with Crippen molar-refractivity contribution in [2.24, 2.45) is 0 Å². The van der Waals surface area contributed by atoms with E-state index in [4.69, 9.17) is 0 Å². The van der Waals surface area contributed by atoms with E-state index in [1.54, 1.807) is 6.92 Å². The van der Waals surface area contributed by atoms with Crippen LogP contribution in [-0.4, -0.2) is 23.4 Å². The zero-order valence-electron chi connectivity index (χ0n) is 12.0. The zero-order chi connectivity index (χ0) is 15.2. The Labute approximate surface area is 134 Å². The molecule has 3 nitrogen and oxygen atoms in total. The van der Waals surface area contributed by atoms with E-state index < -0.39 is 6.10 Å². The first-order chi connectivity index (χ1) is 10.1. The van der Waals surface area contributed by atoms with Crippen molar-refractivity contribution in [2.75, 3.05) is 18.1 Å². The van der Waals surface area contributed by atoms with E-state index in [-0.39, 0.29) is 6.61 Å². The molecule has 0 aromatic heterocycles. The van der Waals surface area contributed by atoms with Gasteiger partial charge in [-0.05, 0) is 30.2 Å². The van der Waals surface area contributed by atoms with Gasteiger partial charge in [0.2, 0.25) is 0 Å². The highest BCUT2D eigenvalue weighted by atomic mass is 79.9. The van der Waals surface area contributed by atoms with Crippen molar-refractivity contribution >= 4 is 21.6 Å². The summed E-state index contributed by atoms with van der Waals surface area (Å²) in [4.78, 5) is 2.12. The van der Waals surface area contributed by atoms with Gasteiger partial charge in [-0.25, -0.2) is 0 Å². The molecule has 0 saturated heterocycles. The molecule has 0 bridgehead atoms. The maximum Gasteiger partial charge on any atom is 0.0772 e. The van der Waals surface area contributed by atoms with E-state index >= 15 is 0 Å². The number of benzene rings is 2. The Hall–Kier alpha value is -1.36. The van der Waals surface area contributed by atoms with Gasteiger partial charge in [0, 0.05) is 23.2 Å². The first kappa shape index (κ1) is 16.0. The smallest absolute Gasteiger partial charge is 0.0772 e. The van der Waals surface area contributed by atoms with Crippen molar-refractivity contribution in [3.05, 3.63) is 64.1 Å². The summed E-state index contributed by atoms with van der Waals surface area (Å²) < 4.78 is 0.881. The van der Waals surface area contributed by atoms with Gasteiger partial charge in [-0.2, -0.15) is 0 Å². The van der Waals surface area contributed by atoms with E-state index in [0.29, 0.717) is 6.54 Å². The van der Waals surface area contributed by atoms with E-state index in [0.717, 1.165) is 22.3 Å². The molecule has 0 unspecified atom stereocenters. The first-order valence-corrected chi connectivity index (χ1v) is 7.78. The van der Waals surface area contributed by atoms with Crippen LogP contribution in [0.5, 0.6) is 0 Å². The maximum atomic E-state index is 9.69. The predicted molar refractivity (Wildman–Crippen MR) is 89.4 cm³/mol. The lowest BCUT2D eigenvalue weighted by Crippen LogP contribution is -2.26. The number of hydrogen-bond acceptors (Lipinski definition) is 3. The van der Waals surface area contributed by atoms with Crippen LogP contribution in [0.2, 0.25) is 0 Å². The third-order valence-electron chi connectivity index (χ3n) is 3.39. The van der Waals surface area contributed by atoms with Crippen molar-refractivity contribution in [1.82, 2.24) is 0 Å². The van der Waals surface area contributed by atoms with Gasteiger partial charge in [-0.15, -0.1) is 0 Å². The van der Waals surface area contributed by atoms with Crippen LogP contribution in [0.15, 0.2) is 53.0 Å². The van der Waals surface area contributed by atoms with E-state index in [1.165, 1.54) is 5.56 Å². The van der Waals surface area contributed by atoms with Gasteiger partial charge in [0.05, 0.1) is 12.7 Å². The monoisotopic (exact) mass is 349 g/mol. The molecular weight excluding hydrogens is 330 g/mol. The van der Waals surface area contributed by atoms with Gasteiger partial charge in [-0.1, -0.05) is 52.3 Å². The Bertz CT molecular complexity index is 572. The van der Waals surface area contributed by atoms with Gasteiger partial charge in [0.1, 0.15) is 0 Å². The lowest BCUT2D eigenvalue weighted by molar-refractivity contribution is 0.198. The van der Waals surface area contributed by atoms with Gasteiger partial charge in [0.15, 0.2) is 0 Å². The molecule has 2 N–H and O–H groups in total. The number of hydrogen-bond donors (Lipinski definition) is 2. The zero-order valence-corrected chi connectivity index (χ0v) is 13.6. The molecule has 4 heteroatoms. The lowest BCUT2D eigenvalue weighted by atomic mass is 10.1. The van der Waals surface area contributed by atoms with E-state index in [9.17, 15) is 10.2 Å². The van der Waals surface area contributed by atoms with Gasteiger partial charge in [0.25, 0.3) is 0 Å². The Balaban J connectivity index is 2.24. The fourth-order valence-corrected chi connectivity index (χ4v) is 2.97. The Morgan fingerprint density at radius 1 is 1.14 bits per heavy atom. The number of aliphatic hydroxyl groups is 2. The molecule has 112 valence electrons. The summed E-state index contributed by atoms with van der Waals surface area (Å²) in [7, 11) is 0. The van der Waals surface area contributed by atoms with Gasteiger partial charge >= 0.3 is 0 Å². The van der Waals surface area contributed by atoms with Crippen molar-refractivity contribution in [2.45, 2.75) is 19.6 Å². The molecule has 0 saturated carbocycles. The van der Waals surface area contributed by atoms with Crippen molar-refractivity contribution in [1.29, 1.82) is 0 Å². The summed E-state index contributed by atoms with van der Waals surface area (Å²) in [5.41, 5.74) is 3.08. The molecule has 2 rings (SSSR count). The molecule has 0 aliphatic carbocycles. The molecule has 0 aliphatic heterocycles. The van der Waals surface area contributed by atoms with Crippen LogP contribution in [0, 0.1) is 0 Å². The quantitative estimate of drug-likeness (QED) is 0.838. The molecule has 2 aromatic rings. The van der Waals surface area contributed by atoms with Crippen LogP contribution in [-0.2, 0) is 6.54 Å². The normalized spacial score (nSPS) is 12.2. The molecule has 0 amide bonds. The lowest BCUT2D eigenvalue weighted by Gasteiger charge is -2.25. The predicted octanol–water partition coefficient (Wildman–Crippen LogP) is 3.50. The summed E-state index contributed by atoms with van der Waals surface area (Å²) in [6.45, 7) is 3.15. The maximum absolute atomic E-state index is 9.69. The number of rotatable bonds is 6. The Morgan fingerprint density at radius 3 is 2.43 bits per heavy atom. The molecular formula is C17H20BrNO2. The number of aliphatic hydroxyl groups excluding tert-OH is 2. The highest BCUT2D eigenvalue weighted by Gasteiger charge is 2.11. The highest BCUT2D eigenvalue weighted by molar-refractivity contribution is 9.10. The highest BCUT2D eigenvalue weighted by Crippen LogP contribution is 2.28. The van der Waals surface area contributed by atoms with Crippen LogP contribution in [0.1, 0.15) is 24.2 Å². The molecule has 21 heavy (non-hydrogen) atoms. The van der Waals surface area contributed by atoms with Crippen molar-refractivity contribution < 1.29 is 10.2 Å². The molecule has 0 radical (unpaired) electrons. The largest absolute Gasteiger partial charge is 0.395 e. The minimum atomic E-state index is -0.506. The summed E-state index contributed by atoms with van der Waals surface area (Å²) in [5.74, 6) is 0. The Morgan fingerprint density at radius 2 is 1.86 bits per heavy atom. The average molecular weight is 350 g/mol. The minimum Gasteiger partial charge on any atom is -0.395 e. The summed E-state index contributed by atoms with van der Waals surface area (Å²) >= 11 is 3.50. The third kappa shape index (κ3) is 4.30. The molecule has 1 atom stereocenters. The first-order valence-electron chi connectivity index (χ1n) is 6.99. The van der Waals surface area contributed by atoms with Crippen LogP contribution in [0.4, 0.5) is 5.69 Å². The Kier molecular flexibility index (Phi) is 5.79. The SMILES string of the molecule is C[C@@H](O)c1ccc(N(CCO)Cc2ccccc2)cc1Br. The third-order valence-corrected chi connectivity index (χ3v) is 4.07. The average Bonchev–Trinajstić information content (AvgIpc) is 2.47. The number of nitrogens with zero attached hydrogens (tertiary/aromatic N) is 1. The van der Waals surface area contributed by atoms with Crippen LogP contribution < -0.4 is 4.90 Å². The second-order valence-corrected chi connectivity index (χ2v) is 5.87. The van der Waals surface area contributed by atoms with Crippen LogP contribution in [0.25, 0.3) is 0 Å². The van der Waals surface area contributed by atoms with E-state index in [1.807, 2.05) is 36.4 Å². The topological polar surface area (TPSA) is 43.7 Å². The van der Waals surface area contributed by atoms with Crippen LogP contribution >= 0.6 is 15.9 Å². The molecule has 2 aromatic carbocycles. The molecule has 0 fully saturated rings. The second kappa shape index (κ2) is 7.59. The molecule has 0 spiro atoms. The number of anilines is 1. The van der Waals surface area contributed by atoms with Crippen molar-refractivity contribution in [3.63, 3.8) is 0 Å². The summed E-state index contributed by atoms with van der Waals surface area (Å²) in [6.07, 6.45) is -0.506.